The van der Waals surface area contributed by atoms with Crippen LogP contribution in [-0.4, -0.2) is 40.5 Å². The van der Waals surface area contributed by atoms with Crippen LogP contribution in [0.2, 0.25) is 5.02 Å². The molecule has 1 unspecified atom stereocenters. The summed E-state index contributed by atoms with van der Waals surface area (Å²) in [6, 6.07) is 15.2. The largest absolute Gasteiger partial charge is 0.482 e. The summed E-state index contributed by atoms with van der Waals surface area (Å²) in [4.78, 5) is 22.5. The molecule has 0 bridgehead atoms. The summed E-state index contributed by atoms with van der Waals surface area (Å²) in [6.07, 6.45) is 1.98. The van der Waals surface area contributed by atoms with Crippen molar-refractivity contribution >= 4 is 28.5 Å². The van der Waals surface area contributed by atoms with E-state index in [1.54, 1.807) is 12.1 Å². The van der Waals surface area contributed by atoms with Gasteiger partial charge >= 0.3 is 0 Å². The van der Waals surface area contributed by atoms with Gasteiger partial charge in [0.2, 0.25) is 0 Å². The summed E-state index contributed by atoms with van der Waals surface area (Å²) < 4.78 is 5.59. The zero-order valence-electron chi connectivity index (χ0n) is 14.3. The number of benzene rings is 2. The normalized spacial score (nSPS) is 17.4. The Bertz CT molecular complexity index is 891. The van der Waals surface area contributed by atoms with Gasteiger partial charge in [-0.2, -0.15) is 0 Å². The number of para-hydroxylation sites is 3. The van der Waals surface area contributed by atoms with Gasteiger partial charge in [0.1, 0.15) is 11.6 Å². The van der Waals surface area contributed by atoms with Crippen molar-refractivity contribution in [2.75, 3.05) is 19.7 Å². The first-order chi connectivity index (χ1) is 12.7. The van der Waals surface area contributed by atoms with E-state index in [0.717, 1.165) is 36.2 Å². The Morgan fingerprint density at radius 2 is 2.04 bits per heavy atom. The number of nitrogens with zero attached hydrogens (tertiary/aromatic N) is 2. The molecule has 1 atom stereocenters. The van der Waals surface area contributed by atoms with Gasteiger partial charge in [-0.25, -0.2) is 4.98 Å². The Hall–Kier alpha value is -2.53. The van der Waals surface area contributed by atoms with Crippen LogP contribution in [0, 0.1) is 0 Å². The summed E-state index contributed by atoms with van der Waals surface area (Å²) in [5.74, 6) is 1.69. The third kappa shape index (κ3) is 3.53. The second kappa shape index (κ2) is 7.38. The number of likely N-dealkylation sites (tertiary alicyclic amines) is 1. The lowest BCUT2D eigenvalue weighted by Crippen LogP contribution is -2.41. The maximum Gasteiger partial charge on any atom is 0.260 e. The molecule has 2 heterocycles. The Balaban J connectivity index is 1.41. The van der Waals surface area contributed by atoms with Gasteiger partial charge in [0, 0.05) is 19.0 Å². The van der Waals surface area contributed by atoms with Crippen molar-refractivity contribution in [2.45, 2.75) is 18.8 Å². The summed E-state index contributed by atoms with van der Waals surface area (Å²) in [5.41, 5.74) is 2.00. The molecular formula is C20H20ClN3O2. The maximum atomic E-state index is 12.6. The van der Waals surface area contributed by atoms with E-state index in [1.807, 2.05) is 41.3 Å². The number of nitrogens with one attached hydrogen (secondary N) is 1. The number of carbonyl (C=O) groups is 1. The highest BCUT2D eigenvalue weighted by Crippen LogP contribution is 2.27. The van der Waals surface area contributed by atoms with Crippen LogP contribution in [0.3, 0.4) is 0 Å². The number of piperidine rings is 1. The molecule has 1 aliphatic heterocycles. The molecule has 0 saturated carbocycles. The number of aromatic amines is 1. The van der Waals surface area contributed by atoms with E-state index in [9.17, 15) is 4.79 Å². The van der Waals surface area contributed by atoms with Crippen LogP contribution in [0.1, 0.15) is 24.6 Å². The number of carbonyl (C=O) groups excluding carboxylic acids is 1. The van der Waals surface area contributed by atoms with Crippen molar-refractivity contribution in [1.82, 2.24) is 14.9 Å². The number of hydrogen-bond acceptors (Lipinski definition) is 3. The van der Waals surface area contributed by atoms with Gasteiger partial charge in [-0.05, 0) is 37.1 Å². The molecular weight excluding hydrogens is 350 g/mol. The van der Waals surface area contributed by atoms with Crippen molar-refractivity contribution in [3.05, 3.63) is 59.4 Å². The second-order valence-corrected chi connectivity index (χ2v) is 6.94. The SMILES string of the molecule is O=C(COc1ccccc1Cl)N1CCCC(c2nc3ccccc3[nH]2)C1. The fourth-order valence-electron chi connectivity index (χ4n) is 3.39. The van der Waals surface area contributed by atoms with E-state index < -0.39 is 0 Å². The molecule has 6 heteroatoms. The predicted molar refractivity (Wildman–Crippen MR) is 102 cm³/mol. The minimum absolute atomic E-state index is 0.00339. The van der Waals surface area contributed by atoms with Crippen molar-refractivity contribution < 1.29 is 9.53 Å². The van der Waals surface area contributed by atoms with Gasteiger partial charge in [0.05, 0.1) is 16.1 Å². The molecule has 1 N–H and O–H groups in total. The van der Waals surface area contributed by atoms with Crippen LogP contribution >= 0.6 is 11.6 Å². The average Bonchev–Trinajstić information content (AvgIpc) is 3.11. The molecule has 1 aliphatic rings. The van der Waals surface area contributed by atoms with E-state index >= 15 is 0 Å². The van der Waals surface area contributed by atoms with Crippen LogP contribution in [0.25, 0.3) is 11.0 Å². The van der Waals surface area contributed by atoms with Crippen molar-refractivity contribution in [1.29, 1.82) is 0 Å². The zero-order valence-corrected chi connectivity index (χ0v) is 15.1. The molecule has 134 valence electrons. The summed E-state index contributed by atoms with van der Waals surface area (Å²) >= 11 is 6.07. The molecule has 0 radical (unpaired) electrons. The van der Waals surface area contributed by atoms with Gasteiger partial charge < -0.3 is 14.6 Å². The molecule has 26 heavy (non-hydrogen) atoms. The van der Waals surface area contributed by atoms with Crippen molar-refractivity contribution in [3.8, 4) is 5.75 Å². The number of amides is 1. The van der Waals surface area contributed by atoms with E-state index in [4.69, 9.17) is 21.3 Å². The highest BCUT2D eigenvalue weighted by atomic mass is 35.5. The molecule has 1 saturated heterocycles. The second-order valence-electron chi connectivity index (χ2n) is 6.54. The highest BCUT2D eigenvalue weighted by Gasteiger charge is 2.27. The molecule has 3 aromatic rings. The van der Waals surface area contributed by atoms with Crippen LogP contribution in [0.15, 0.2) is 48.5 Å². The topological polar surface area (TPSA) is 58.2 Å². The number of ether oxygens (including phenoxy) is 1. The fraction of sp³-hybridized carbons (Fsp3) is 0.300. The molecule has 5 nitrogen and oxygen atoms in total. The number of aromatic nitrogens is 2. The molecule has 4 rings (SSSR count). The Morgan fingerprint density at radius 1 is 1.23 bits per heavy atom. The van der Waals surface area contributed by atoms with E-state index in [1.165, 1.54) is 0 Å². The van der Waals surface area contributed by atoms with Crippen molar-refractivity contribution in [2.24, 2.45) is 0 Å². The number of fused-ring (bicyclic) bond motifs is 1. The third-order valence-corrected chi connectivity index (χ3v) is 5.07. The Labute approximate surface area is 156 Å². The number of H-pyrrole nitrogens is 1. The third-order valence-electron chi connectivity index (χ3n) is 4.76. The number of rotatable bonds is 4. The summed E-state index contributed by atoms with van der Waals surface area (Å²) in [6.45, 7) is 1.41. The zero-order chi connectivity index (χ0) is 17.9. The Kier molecular flexibility index (Phi) is 4.80. The molecule has 2 aromatic carbocycles. The van der Waals surface area contributed by atoms with E-state index in [2.05, 4.69) is 4.98 Å². The number of imidazole rings is 1. The van der Waals surface area contributed by atoms with Crippen LogP contribution in [-0.2, 0) is 4.79 Å². The van der Waals surface area contributed by atoms with E-state index in [-0.39, 0.29) is 18.4 Å². The minimum Gasteiger partial charge on any atom is -0.482 e. The van der Waals surface area contributed by atoms with Crippen LogP contribution in [0.5, 0.6) is 5.75 Å². The minimum atomic E-state index is -0.0225. The lowest BCUT2D eigenvalue weighted by atomic mass is 9.97. The smallest absolute Gasteiger partial charge is 0.260 e. The quantitative estimate of drug-likeness (QED) is 0.756. The first-order valence-electron chi connectivity index (χ1n) is 8.80. The molecule has 0 spiro atoms. The summed E-state index contributed by atoms with van der Waals surface area (Å²) in [7, 11) is 0. The van der Waals surface area contributed by atoms with Crippen LogP contribution in [0.4, 0.5) is 0 Å². The van der Waals surface area contributed by atoms with Gasteiger partial charge in [-0.3, -0.25) is 4.79 Å². The molecule has 1 fully saturated rings. The number of hydrogen-bond donors (Lipinski definition) is 1. The first-order valence-corrected chi connectivity index (χ1v) is 9.18. The van der Waals surface area contributed by atoms with Crippen LogP contribution < -0.4 is 4.74 Å². The fourth-order valence-corrected chi connectivity index (χ4v) is 3.58. The monoisotopic (exact) mass is 369 g/mol. The molecule has 1 amide bonds. The first kappa shape index (κ1) is 16.9. The standard InChI is InChI=1S/C20H20ClN3O2/c21-15-7-1-4-10-18(15)26-13-19(25)24-11-5-6-14(12-24)20-22-16-8-2-3-9-17(16)23-20/h1-4,7-10,14H,5-6,11-13H2,(H,22,23). The van der Waals surface area contributed by atoms with Gasteiger partial charge in [0.25, 0.3) is 5.91 Å². The predicted octanol–water partition coefficient (Wildman–Crippen LogP) is 4.00. The summed E-state index contributed by atoms with van der Waals surface area (Å²) in [5, 5.41) is 0.513. The molecule has 0 aliphatic carbocycles. The number of halogens is 1. The Morgan fingerprint density at radius 3 is 2.88 bits per heavy atom. The average molecular weight is 370 g/mol. The lowest BCUT2D eigenvalue weighted by molar-refractivity contribution is -0.134. The van der Waals surface area contributed by atoms with Crippen molar-refractivity contribution in [3.63, 3.8) is 0 Å². The maximum absolute atomic E-state index is 12.6. The van der Waals surface area contributed by atoms with Gasteiger partial charge in [-0.15, -0.1) is 0 Å². The van der Waals surface area contributed by atoms with E-state index in [0.29, 0.717) is 17.3 Å². The van der Waals surface area contributed by atoms with Gasteiger partial charge in [-0.1, -0.05) is 35.9 Å². The molecule has 1 aromatic heterocycles. The lowest BCUT2D eigenvalue weighted by Gasteiger charge is -2.31. The van der Waals surface area contributed by atoms with Gasteiger partial charge in [0.15, 0.2) is 6.61 Å². The highest BCUT2D eigenvalue weighted by molar-refractivity contribution is 6.32.